The number of anilines is 1. The number of nitrogens with one attached hydrogen (secondary N) is 2. The van der Waals surface area contributed by atoms with Gasteiger partial charge >= 0.3 is 18.0 Å². The zero-order valence-corrected chi connectivity index (χ0v) is 15.5. The Morgan fingerprint density at radius 3 is 2.72 bits per heavy atom. The van der Waals surface area contributed by atoms with Gasteiger partial charge < -0.3 is 20.1 Å². The van der Waals surface area contributed by atoms with Crippen LogP contribution in [0.5, 0.6) is 0 Å². The maximum Gasteiger partial charge on any atom is 0.339 e. The molecule has 1 heterocycles. The fraction of sp³-hybridized carbons (Fsp3) is 0.438. The minimum atomic E-state index is -1.04. The molecule has 2 N–H and O–H groups in total. The van der Waals surface area contributed by atoms with E-state index in [9.17, 15) is 14.4 Å². The lowest BCUT2D eigenvalue weighted by Crippen LogP contribution is -2.56. The monoisotopic (exact) mass is 386 g/mol. The number of hydrogen-bond acceptors (Lipinski definition) is 6. The summed E-state index contributed by atoms with van der Waals surface area (Å²) in [4.78, 5) is 36.2. The highest BCUT2D eigenvalue weighted by atomic mass is 35.5. The van der Waals surface area contributed by atoms with E-state index in [0.29, 0.717) is 17.9 Å². The number of ether oxygens (including phenoxy) is 2. The topological polar surface area (TPSA) is 93.7 Å². The summed E-state index contributed by atoms with van der Waals surface area (Å²) in [5, 5.41) is 5.51. The Bertz CT molecular complexity index is 676. The zero-order chi connectivity index (χ0) is 18.4. The van der Waals surface area contributed by atoms with Gasteiger partial charge in [0.05, 0.1) is 24.3 Å². The number of urea groups is 1. The van der Waals surface area contributed by atoms with Crippen molar-refractivity contribution in [2.75, 3.05) is 30.5 Å². The molecule has 2 rings (SSSR count). The fourth-order valence-corrected chi connectivity index (χ4v) is 3.93. The zero-order valence-electron chi connectivity index (χ0n) is 13.9. The molecule has 7 nitrogen and oxygen atoms in total. The van der Waals surface area contributed by atoms with Crippen LogP contribution >= 0.6 is 23.4 Å². The summed E-state index contributed by atoms with van der Waals surface area (Å²) < 4.78 is 9.73. The number of carbonyl (C=O) groups is 3. The number of hydrogen-bond donors (Lipinski definition) is 2. The van der Waals surface area contributed by atoms with Crippen molar-refractivity contribution in [3.8, 4) is 0 Å². The molecule has 1 aromatic rings. The molecule has 0 aliphatic carbocycles. The molecule has 1 atom stereocenters. The molecule has 0 aromatic heterocycles. The first-order valence-electron chi connectivity index (χ1n) is 7.64. The quantitative estimate of drug-likeness (QED) is 0.755. The standard InChI is InChI=1S/C16H19ClN2O5S/c1-3-24-13(20)11-8-10(4-5-12(11)17)18-15(22)19-16(14(21)23-2)6-7-25-9-16/h4-5,8H,3,6-7,9H2,1-2H3,(H2,18,19,22). The third-order valence-corrected chi connectivity index (χ3v) is 5.19. The smallest absolute Gasteiger partial charge is 0.339 e. The SMILES string of the molecule is CCOC(=O)c1cc(NC(=O)NC2(C(=O)OC)CCSC2)ccc1Cl. The molecule has 9 heteroatoms. The van der Waals surface area contributed by atoms with Crippen molar-refractivity contribution in [3.63, 3.8) is 0 Å². The summed E-state index contributed by atoms with van der Waals surface area (Å²) >= 11 is 7.56. The van der Waals surface area contributed by atoms with Crippen LogP contribution in [0.3, 0.4) is 0 Å². The predicted molar refractivity (Wildman–Crippen MR) is 96.3 cm³/mol. The highest BCUT2D eigenvalue weighted by Gasteiger charge is 2.44. The Hall–Kier alpha value is -1.93. The summed E-state index contributed by atoms with van der Waals surface area (Å²) in [5.74, 6) is 0.149. The van der Waals surface area contributed by atoms with E-state index in [1.165, 1.54) is 19.2 Å². The lowest BCUT2D eigenvalue weighted by atomic mass is 9.99. The van der Waals surface area contributed by atoms with Crippen LogP contribution in [0, 0.1) is 0 Å². The maximum absolute atomic E-state index is 12.3. The van der Waals surface area contributed by atoms with E-state index in [1.54, 1.807) is 24.8 Å². The molecule has 1 fully saturated rings. The molecule has 1 unspecified atom stereocenters. The van der Waals surface area contributed by atoms with Gasteiger partial charge in [-0.3, -0.25) is 0 Å². The van der Waals surface area contributed by atoms with Crippen LogP contribution in [0.15, 0.2) is 18.2 Å². The van der Waals surface area contributed by atoms with E-state index < -0.39 is 23.5 Å². The Kier molecular flexibility index (Phi) is 6.55. The van der Waals surface area contributed by atoms with Gasteiger partial charge in [-0.15, -0.1) is 0 Å². The Labute approximate surface area is 154 Å². The van der Waals surface area contributed by atoms with Crippen LogP contribution in [-0.2, 0) is 14.3 Å². The Morgan fingerprint density at radius 1 is 1.36 bits per heavy atom. The van der Waals surface area contributed by atoms with Crippen molar-refractivity contribution in [1.29, 1.82) is 0 Å². The molecule has 2 amide bonds. The number of esters is 2. The molecule has 1 aliphatic heterocycles. The van der Waals surface area contributed by atoms with Gasteiger partial charge in [0, 0.05) is 11.4 Å². The molecule has 25 heavy (non-hydrogen) atoms. The van der Waals surface area contributed by atoms with Gasteiger partial charge in [-0.2, -0.15) is 11.8 Å². The van der Waals surface area contributed by atoms with E-state index >= 15 is 0 Å². The third kappa shape index (κ3) is 4.58. The summed E-state index contributed by atoms with van der Waals surface area (Å²) in [5.41, 5.74) is -0.532. The molecule has 0 bridgehead atoms. The number of carbonyl (C=O) groups excluding carboxylic acids is 3. The average molecular weight is 387 g/mol. The summed E-state index contributed by atoms with van der Waals surface area (Å²) in [6, 6.07) is 3.91. The summed E-state index contributed by atoms with van der Waals surface area (Å²) in [6.07, 6.45) is 0.493. The van der Waals surface area contributed by atoms with Crippen molar-refractivity contribution in [2.45, 2.75) is 18.9 Å². The minimum Gasteiger partial charge on any atom is -0.467 e. The largest absolute Gasteiger partial charge is 0.467 e. The predicted octanol–water partition coefficient (Wildman–Crippen LogP) is 2.69. The first-order valence-corrected chi connectivity index (χ1v) is 9.17. The summed E-state index contributed by atoms with van der Waals surface area (Å²) in [7, 11) is 1.29. The van der Waals surface area contributed by atoms with Crippen molar-refractivity contribution < 1.29 is 23.9 Å². The highest BCUT2D eigenvalue weighted by molar-refractivity contribution is 7.99. The van der Waals surface area contributed by atoms with Crippen molar-refractivity contribution >= 4 is 47.0 Å². The fourth-order valence-electron chi connectivity index (χ4n) is 2.42. The molecule has 1 saturated heterocycles. The van der Waals surface area contributed by atoms with Crippen LogP contribution in [0.2, 0.25) is 5.02 Å². The molecular weight excluding hydrogens is 368 g/mol. The lowest BCUT2D eigenvalue weighted by Gasteiger charge is -2.26. The number of amides is 2. The van der Waals surface area contributed by atoms with Crippen molar-refractivity contribution in [2.24, 2.45) is 0 Å². The number of methoxy groups -OCH3 is 1. The van der Waals surface area contributed by atoms with Crippen LogP contribution in [-0.4, -0.2) is 48.7 Å². The molecule has 1 aliphatic rings. The molecule has 1 aromatic carbocycles. The molecule has 136 valence electrons. The first kappa shape index (κ1) is 19.4. The highest BCUT2D eigenvalue weighted by Crippen LogP contribution is 2.29. The van der Waals surface area contributed by atoms with Crippen LogP contribution in [0.1, 0.15) is 23.7 Å². The second-order valence-electron chi connectivity index (χ2n) is 5.37. The molecule has 0 radical (unpaired) electrons. The van der Waals surface area contributed by atoms with Crippen LogP contribution in [0.25, 0.3) is 0 Å². The van der Waals surface area contributed by atoms with E-state index in [-0.39, 0.29) is 17.2 Å². The second kappa shape index (κ2) is 8.44. The number of thioether (sulfide) groups is 1. The van der Waals surface area contributed by atoms with Gasteiger partial charge in [0.1, 0.15) is 5.54 Å². The molecular formula is C16H19ClN2O5S. The van der Waals surface area contributed by atoms with Crippen molar-refractivity contribution in [3.05, 3.63) is 28.8 Å². The van der Waals surface area contributed by atoms with Gasteiger partial charge in [0.2, 0.25) is 0 Å². The number of benzene rings is 1. The van der Waals surface area contributed by atoms with Gasteiger partial charge in [0.25, 0.3) is 0 Å². The van der Waals surface area contributed by atoms with E-state index in [4.69, 9.17) is 21.1 Å². The minimum absolute atomic E-state index is 0.153. The van der Waals surface area contributed by atoms with Gasteiger partial charge in [-0.1, -0.05) is 11.6 Å². The average Bonchev–Trinajstić information content (AvgIpc) is 3.05. The third-order valence-electron chi connectivity index (χ3n) is 3.67. The molecule has 0 saturated carbocycles. The first-order chi connectivity index (χ1) is 11.9. The van der Waals surface area contributed by atoms with Crippen LogP contribution in [0.4, 0.5) is 10.5 Å². The van der Waals surface area contributed by atoms with Crippen LogP contribution < -0.4 is 10.6 Å². The van der Waals surface area contributed by atoms with E-state index in [0.717, 1.165) is 5.75 Å². The normalized spacial score (nSPS) is 19.2. The maximum atomic E-state index is 12.3. The lowest BCUT2D eigenvalue weighted by molar-refractivity contribution is -0.147. The van der Waals surface area contributed by atoms with E-state index in [1.807, 2.05) is 0 Å². The van der Waals surface area contributed by atoms with E-state index in [2.05, 4.69) is 10.6 Å². The van der Waals surface area contributed by atoms with Gasteiger partial charge in [-0.05, 0) is 37.3 Å². The summed E-state index contributed by atoms with van der Waals surface area (Å²) in [6.45, 7) is 1.90. The molecule has 0 spiro atoms. The van der Waals surface area contributed by atoms with Crippen molar-refractivity contribution in [1.82, 2.24) is 5.32 Å². The Balaban J connectivity index is 2.11. The van der Waals surface area contributed by atoms with Gasteiger partial charge in [0.15, 0.2) is 0 Å². The Morgan fingerprint density at radius 2 is 2.12 bits per heavy atom. The van der Waals surface area contributed by atoms with Gasteiger partial charge in [-0.25, -0.2) is 14.4 Å². The second-order valence-corrected chi connectivity index (χ2v) is 6.88. The number of rotatable bonds is 5. The number of halogens is 1.